The van der Waals surface area contributed by atoms with E-state index in [1.165, 1.54) is 24.8 Å². The van der Waals surface area contributed by atoms with E-state index in [9.17, 15) is 4.79 Å². The molecule has 0 N–H and O–H groups in total. The van der Waals surface area contributed by atoms with E-state index in [1.807, 2.05) is 0 Å². The molecule has 19 heavy (non-hydrogen) atoms. The molecule has 2 heteroatoms. The van der Waals surface area contributed by atoms with Crippen molar-refractivity contribution in [1.29, 1.82) is 0 Å². The molecule has 1 aliphatic carbocycles. The number of fused-ring (bicyclic) bond motifs is 1. The molecule has 3 atom stereocenters. The lowest BCUT2D eigenvalue weighted by Crippen LogP contribution is -2.54. The van der Waals surface area contributed by atoms with Gasteiger partial charge in [0.25, 0.3) is 0 Å². The Morgan fingerprint density at radius 2 is 1.89 bits per heavy atom. The Balaban J connectivity index is 1.80. The first-order valence-electron chi connectivity index (χ1n) is 7.58. The third-order valence-electron chi connectivity index (χ3n) is 4.84. The van der Waals surface area contributed by atoms with Crippen molar-refractivity contribution in [3.05, 3.63) is 35.9 Å². The van der Waals surface area contributed by atoms with Gasteiger partial charge in [0.15, 0.2) is 0 Å². The Hall–Kier alpha value is -1.15. The van der Waals surface area contributed by atoms with E-state index in [-0.39, 0.29) is 0 Å². The van der Waals surface area contributed by atoms with Gasteiger partial charge in [-0.15, -0.1) is 0 Å². The van der Waals surface area contributed by atoms with Crippen molar-refractivity contribution >= 4 is 5.78 Å². The minimum absolute atomic E-state index is 0.314. The summed E-state index contributed by atoms with van der Waals surface area (Å²) in [6, 6.07) is 11.6. The first-order chi connectivity index (χ1) is 9.25. The number of nitrogens with zero attached hydrogens (tertiary/aromatic N) is 1. The first-order valence-corrected chi connectivity index (χ1v) is 7.58. The summed E-state index contributed by atoms with van der Waals surface area (Å²) in [6.07, 6.45) is 5.58. The number of hydrogen-bond acceptors (Lipinski definition) is 2. The van der Waals surface area contributed by atoms with Gasteiger partial charge >= 0.3 is 0 Å². The van der Waals surface area contributed by atoms with Gasteiger partial charge in [-0.05, 0) is 25.3 Å². The van der Waals surface area contributed by atoms with Gasteiger partial charge in [0.05, 0.1) is 0 Å². The maximum absolute atomic E-state index is 12.2. The van der Waals surface area contributed by atoms with Crippen molar-refractivity contribution < 1.29 is 4.79 Å². The number of likely N-dealkylation sites (tertiary alicyclic amines) is 1. The lowest BCUT2D eigenvalue weighted by atomic mass is 9.75. The molecule has 1 aromatic rings. The van der Waals surface area contributed by atoms with Crippen molar-refractivity contribution in [2.24, 2.45) is 5.92 Å². The SMILES string of the molecule is C[C@@H]1CC(=O)C2CCCCC2N1Cc1ccccc1. The molecule has 2 unspecified atom stereocenters. The van der Waals surface area contributed by atoms with Crippen molar-refractivity contribution in [1.82, 2.24) is 4.90 Å². The molecule has 1 aromatic carbocycles. The van der Waals surface area contributed by atoms with Gasteiger partial charge in [0.2, 0.25) is 0 Å². The van der Waals surface area contributed by atoms with Crippen molar-refractivity contribution in [2.75, 3.05) is 0 Å². The number of ketones is 1. The number of Topliss-reactive ketones (excluding diaryl/α,β-unsaturated/α-hetero) is 1. The minimum atomic E-state index is 0.314. The zero-order valence-corrected chi connectivity index (χ0v) is 11.7. The maximum atomic E-state index is 12.2. The summed E-state index contributed by atoms with van der Waals surface area (Å²) >= 11 is 0. The highest BCUT2D eigenvalue weighted by Crippen LogP contribution is 2.36. The van der Waals surface area contributed by atoms with Crippen LogP contribution >= 0.6 is 0 Å². The van der Waals surface area contributed by atoms with Crippen LogP contribution in [-0.4, -0.2) is 22.8 Å². The van der Waals surface area contributed by atoms with Crippen molar-refractivity contribution in [2.45, 2.75) is 57.7 Å². The highest BCUT2D eigenvalue weighted by Gasteiger charge is 2.41. The molecule has 102 valence electrons. The van der Waals surface area contributed by atoms with Crippen LogP contribution < -0.4 is 0 Å². The topological polar surface area (TPSA) is 20.3 Å². The van der Waals surface area contributed by atoms with Gasteiger partial charge in [0.1, 0.15) is 5.78 Å². The number of piperidine rings is 1. The fraction of sp³-hybridized carbons (Fsp3) is 0.588. The van der Waals surface area contributed by atoms with E-state index in [0.717, 1.165) is 19.4 Å². The van der Waals surface area contributed by atoms with Crippen LogP contribution in [0.3, 0.4) is 0 Å². The Labute approximate surface area is 115 Å². The second kappa shape index (κ2) is 5.46. The van der Waals surface area contributed by atoms with Crippen LogP contribution in [0.15, 0.2) is 30.3 Å². The summed E-state index contributed by atoms with van der Waals surface area (Å²) < 4.78 is 0. The van der Waals surface area contributed by atoms with Gasteiger partial charge in [-0.2, -0.15) is 0 Å². The summed E-state index contributed by atoms with van der Waals surface area (Å²) in [6.45, 7) is 3.21. The molecule has 2 nitrogen and oxygen atoms in total. The molecule has 1 heterocycles. The minimum Gasteiger partial charge on any atom is -0.299 e. The van der Waals surface area contributed by atoms with E-state index in [4.69, 9.17) is 0 Å². The van der Waals surface area contributed by atoms with Crippen LogP contribution in [0.1, 0.15) is 44.6 Å². The Morgan fingerprint density at radius 3 is 2.68 bits per heavy atom. The van der Waals surface area contributed by atoms with Crippen LogP contribution in [-0.2, 0) is 11.3 Å². The predicted octanol–water partition coefficient (Wildman–Crippen LogP) is 3.41. The van der Waals surface area contributed by atoms with E-state index in [1.54, 1.807) is 0 Å². The molecule has 1 saturated carbocycles. The monoisotopic (exact) mass is 257 g/mol. The average Bonchev–Trinajstić information content (AvgIpc) is 2.45. The first kappa shape index (κ1) is 12.9. The number of benzene rings is 1. The molecule has 0 radical (unpaired) electrons. The Morgan fingerprint density at radius 1 is 1.16 bits per heavy atom. The second-order valence-corrected chi connectivity index (χ2v) is 6.14. The molecule has 1 saturated heterocycles. The standard InChI is InChI=1S/C17H23NO/c1-13-11-17(19)15-9-5-6-10-16(15)18(13)12-14-7-3-2-4-8-14/h2-4,7-8,13,15-16H,5-6,9-12H2,1H3/t13-,15?,16?/m1/s1. The molecule has 2 fully saturated rings. The Bertz CT molecular complexity index is 442. The third kappa shape index (κ3) is 2.59. The van der Waals surface area contributed by atoms with Gasteiger partial charge in [0, 0.05) is 31.0 Å². The fourth-order valence-corrected chi connectivity index (χ4v) is 3.84. The van der Waals surface area contributed by atoms with Crippen molar-refractivity contribution in [3.63, 3.8) is 0 Å². The zero-order chi connectivity index (χ0) is 13.2. The van der Waals surface area contributed by atoms with Gasteiger partial charge < -0.3 is 0 Å². The normalized spacial score (nSPS) is 32.1. The summed E-state index contributed by atoms with van der Waals surface area (Å²) in [4.78, 5) is 14.8. The number of carbonyl (C=O) groups is 1. The van der Waals surface area contributed by atoms with Gasteiger partial charge in [-0.3, -0.25) is 9.69 Å². The van der Waals surface area contributed by atoms with Gasteiger partial charge in [-0.25, -0.2) is 0 Å². The number of hydrogen-bond donors (Lipinski definition) is 0. The van der Waals surface area contributed by atoms with E-state index < -0.39 is 0 Å². The molecule has 3 rings (SSSR count). The Kier molecular flexibility index (Phi) is 3.69. The summed E-state index contributed by atoms with van der Waals surface area (Å²) in [5.74, 6) is 0.829. The zero-order valence-electron chi connectivity index (χ0n) is 11.7. The maximum Gasteiger partial charge on any atom is 0.139 e. The molecule has 0 spiro atoms. The number of carbonyl (C=O) groups excluding carboxylic acids is 1. The lowest BCUT2D eigenvalue weighted by molar-refractivity contribution is -0.133. The summed E-state index contributed by atoms with van der Waals surface area (Å²) in [5.41, 5.74) is 1.37. The quantitative estimate of drug-likeness (QED) is 0.809. The van der Waals surface area contributed by atoms with E-state index >= 15 is 0 Å². The molecule has 0 aromatic heterocycles. The molecule has 2 aliphatic rings. The average molecular weight is 257 g/mol. The second-order valence-electron chi connectivity index (χ2n) is 6.14. The summed E-state index contributed by atoms with van der Waals surface area (Å²) in [5, 5.41) is 0. The van der Waals surface area contributed by atoms with Crippen LogP contribution in [0.2, 0.25) is 0 Å². The van der Waals surface area contributed by atoms with E-state index in [2.05, 4.69) is 42.2 Å². The molecular weight excluding hydrogens is 234 g/mol. The molecule has 0 bridgehead atoms. The summed E-state index contributed by atoms with van der Waals surface area (Å²) in [7, 11) is 0. The number of rotatable bonds is 2. The van der Waals surface area contributed by atoms with Crippen LogP contribution in [0, 0.1) is 5.92 Å². The largest absolute Gasteiger partial charge is 0.299 e. The smallest absolute Gasteiger partial charge is 0.139 e. The molecular formula is C17H23NO. The van der Waals surface area contributed by atoms with Crippen LogP contribution in [0.25, 0.3) is 0 Å². The van der Waals surface area contributed by atoms with Crippen LogP contribution in [0.5, 0.6) is 0 Å². The molecule has 1 aliphatic heterocycles. The highest BCUT2D eigenvalue weighted by atomic mass is 16.1. The lowest BCUT2D eigenvalue weighted by Gasteiger charge is -2.46. The molecule has 0 amide bonds. The predicted molar refractivity (Wildman–Crippen MR) is 76.8 cm³/mol. The fourth-order valence-electron chi connectivity index (χ4n) is 3.84. The third-order valence-corrected chi connectivity index (χ3v) is 4.84. The van der Waals surface area contributed by atoms with E-state index in [0.29, 0.717) is 23.8 Å². The van der Waals surface area contributed by atoms with Gasteiger partial charge in [-0.1, -0.05) is 43.2 Å². The van der Waals surface area contributed by atoms with Crippen molar-refractivity contribution in [3.8, 4) is 0 Å². The highest BCUT2D eigenvalue weighted by molar-refractivity contribution is 5.83. The van der Waals surface area contributed by atoms with Crippen LogP contribution in [0.4, 0.5) is 0 Å².